The quantitative estimate of drug-likeness (QED) is 0.597. The van der Waals surface area contributed by atoms with E-state index in [2.05, 4.69) is 34.3 Å². The number of hydrogen-bond donors (Lipinski definition) is 3. The van der Waals surface area contributed by atoms with Crippen LogP contribution in [0.15, 0.2) is 48.9 Å². The molecule has 0 aliphatic heterocycles. The summed E-state index contributed by atoms with van der Waals surface area (Å²) in [7, 11) is 0. The van der Waals surface area contributed by atoms with E-state index < -0.39 is 5.91 Å². The van der Waals surface area contributed by atoms with Gasteiger partial charge in [-0.15, -0.1) is 11.3 Å². The summed E-state index contributed by atoms with van der Waals surface area (Å²) in [6.07, 6.45) is 3.40. The largest absolute Gasteiger partial charge is 0.366 e. The Kier molecular flexibility index (Phi) is 5.48. The van der Waals surface area contributed by atoms with Crippen molar-refractivity contribution >= 4 is 23.2 Å². The molecule has 26 heavy (non-hydrogen) atoms. The fourth-order valence-electron chi connectivity index (χ4n) is 2.70. The zero-order valence-corrected chi connectivity index (χ0v) is 15.2. The second kappa shape index (κ2) is 7.97. The molecule has 3 aromatic rings. The summed E-state index contributed by atoms with van der Waals surface area (Å²) in [5, 5.41) is 2.83. The van der Waals surface area contributed by atoms with Gasteiger partial charge in [-0.2, -0.15) is 0 Å². The van der Waals surface area contributed by atoms with Gasteiger partial charge in [0.2, 0.25) is 11.8 Å². The van der Waals surface area contributed by atoms with E-state index >= 15 is 0 Å². The van der Waals surface area contributed by atoms with Crippen LogP contribution >= 0.6 is 11.3 Å². The summed E-state index contributed by atoms with van der Waals surface area (Å²) >= 11 is 1.50. The van der Waals surface area contributed by atoms with Crippen molar-refractivity contribution in [3.63, 3.8) is 0 Å². The lowest BCUT2D eigenvalue weighted by Crippen LogP contribution is -2.25. The van der Waals surface area contributed by atoms with Crippen LogP contribution in [0.3, 0.4) is 0 Å². The fraction of sp³-hybridized carbons (Fsp3) is 0.211. The molecule has 134 valence electrons. The molecule has 7 heteroatoms. The number of aromatic amines is 1. The molecule has 2 heterocycles. The molecule has 6 nitrogen and oxygen atoms in total. The van der Waals surface area contributed by atoms with E-state index in [-0.39, 0.29) is 24.8 Å². The Morgan fingerprint density at radius 1 is 1.31 bits per heavy atom. The summed E-state index contributed by atoms with van der Waals surface area (Å²) in [6, 6.07) is 11.9. The van der Waals surface area contributed by atoms with E-state index in [1.807, 2.05) is 24.3 Å². The Bertz CT molecular complexity index is 888. The third-order valence-electron chi connectivity index (χ3n) is 4.16. The predicted octanol–water partition coefficient (Wildman–Crippen LogP) is 2.58. The summed E-state index contributed by atoms with van der Waals surface area (Å²) in [5.41, 5.74) is 7.82. The van der Waals surface area contributed by atoms with E-state index in [0.29, 0.717) is 11.3 Å². The monoisotopic (exact) mass is 368 g/mol. The van der Waals surface area contributed by atoms with E-state index in [9.17, 15) is 9.59 Å². The van der Waals surface area contributed by atoms with Crippen molar-refractivity contribution in [2.75, 3.05) is 0 Å². The van der Waals surface area contributed by atoms with Crippen molar-refractivity contribution in [1.29, 1.82) is 0 Å². The van der Waals surface area contributed by atoms with Gasteiger partial charge in [0, 0.05) is 21.9 Å². The number of aromatic nitrogens is 2. The van der Waals surface area contributed by atoms with Crippen molar-refractivity contribution in [1.82, 2.24) is 15.3 Å². The van der Waals surface area contributed by atoms with Crippen LogP contribution in [0.1, 0.15) is 44.2 Å². The van der Waals surface area contributed by atoms with E-state index in [1.54, 1.807) is 6.20 Å². The molecule has 0 spiro atoms. The van der Waals surface area contributed by atoms with Gasteiger partial charge in [-0.3, -0.25) is 9.59 Å². The number of rotatable bonds is 7. The first-order valence-corrected chi connectivity index (χ1v) is 9.08. The maximum Gasteiger partial charge on any atom is 0.249 e. The third kappa shape index (κ3) is 4.18. The number of amides is 2. The van der Waals surface area contributed by atoms with Gasteiger partial charge in [-0.1, -0.05) is 37.3 Å². The third-order valence-corrected chi connectivity index (χ3v) is 5.48. The number of carbonyl (C=O) groups is 2. The minimum Gasteiger partial charge on any atom is -0.366 e. The van der Waals surface area contributed by atoms with Gasteiger partial charge in [0.1, 0.15) is 0 Å². The van der Waals surface area contributed by atoms with E-state index in [4.69, 9.17) is 5.73 Å². The minimum absolute atomic E-state index is 0.146. The Balaban J connectivity index is 1.73. The molecule has 1 aromatic carbocycles. The lowest BCUT2D eigenvalue weighted by atomic mass is 9.99. The van der Waals surface area contributed by atoms with Gasteiger partial charge in [0.25, 0.3) is 0 Å². The average Bonchev–Trinajstić information content (AvgIpc) is 3.29. The van der Waals surface area contributed by atoms with Crippen molar-refractivity contribution in [3.8, 4) is 0 Å². The van der Waals surface area contributed by atoms with Gasteiger partial charge in [0.05, 0.1) is 30.6 Å². The minimum atomic E-state index is -0.482. The van der Waals surface area contributed by atoms with Crippen LogP contribution in [0, 0.1) is 0 Å². The summed E-state index contributed by atoms with van der Waals surface area (Å²) in [4.78, 5) is 32.5. The molecule has 0 saturated heterocycles. The summed E-state index contributed by atoms with van der Waals surface area (Å²) in [5.74, 6) is -0.490. The highest BCUT2D eigenvalue weighted by Gasteiger charge is 2.18. The number of benzene rings is 1. The number of hydrogen-bond acceptors (Lipinski definition) is 4. The van der Waals surface area contributed by atoms with Crippen LogP contribution < -0.4 is 11.1 Å². The molecule has 0 aliphatic carbocycles. The topological polar surface area (TPSA) is 101 Å². The highest BCUT2D eigenvalue weighted by atomic mass is 32.1. The number of nitrogens with one attached hydrogen (secondary N) is 2. The molecule has 0 saturated carbocycles. The lowest BCUT2D eigenvalue weighted by molar-refractivity contribution is -0.120. The first kappa shape index (κ1) is 17.9. The highest BCUT2D eigenvalue weighted by Crippen LogP contribution is 2.32. The average molecular weight is 368 g/mol. The second-order valence-electron chi connectivity index (χ2n) is 6.00. The Morgan fingerprint density at radius 2 is 2.08 bits per heavy atom. The summed E-state index contributed by atoms with van der Waals surface area (Å²) in [6.45, 7) is 2.36. The number of primary amides is 1. The Labute approximate surface area is 155 Å². The lowest BCUT2D eigenvalue weighted by Gasteiger charge is -2.09. The summed E-state index contributed by atoms with van der Waals surface area (Å²) < 4.78 is 0. The first-order chi connectivity index (χ1) is 12.5. The molecular weight excluding hydrogens is 348 g/mol. The van der Waals surface area contributed by atoms with Gasteiger partial charge < -0.3 is 16.0 Å². The van der Waals surface area contributed by atoms with Crippen molar-refractivity contribution in [2.45, 2.75) is 25.8 Å². The molecule has 1 atom stereocenters. The second-order valence-corrected chi connectivity index (χ2v) is 7.16. The molecule has 0 aliphatic rings. The molecule has 2 amide bonds. The molecule has 3 rings (SSSR count). The van der Waals surface area contributed by atoms with Crippen LogP contribution in [0.4, 0.5) is 0 Å². The zero-order chi connectivity index (χ0) is 18.5. The highest BCUT2D eigenvalue weighted by molar-refractivity contribution is 7.12. The molecule has 0 radical (unpaired) electrons. The van der Waals surface area contributed by atoms with Gasteiger partial charge in [0.15, 0.2) is 0 Å². The maximum atomic E-state index is 12.1. The van der Waals surface area contributed by atoms with Crippen LogP contribution in [0.5, 0.6) is 0 Å². The Hall–Kier alpha value is -2.93. The SMILES string of the molecule is CC(c1ccccc1)c1cc(C(N)=O)c(CNC(=O)Cc2c[nH]cn2)s1. The standard InChI is InChI=1S/C19H20N4O2S/c1-12(13-5-3-2-4-6-13)16-8-15(19(20)25)17(26-16)10-22-18(24)7-14-9-21-11-23-14/h2-6,8-9,11-12H,7,10H2,1H3,(H2,20,25)(H,21,23)(H,22,24). The number of nitrogens with zero attached hydrogens (tertiary/aromatic N) is 1. The van der Waals surface area contributed by atoms with Gasteiger partial charge in [-0.05, 0) is 11.6 Å². The Morgan fingerprint density at radius 3 is 2.73 bits per heavy atom. The molecular formula is C19H20N4O2S. The predicted molar refractivity (Wildman–Crippen MR) is 101 cm³/mol. The van der Waals surface area contributed by atoms with Gasteiger partial charge in [-0.25, -0.2) is 4.98 Å². The number of nitrogens with two attached hydrogens (primary N) is 1. The number of carbonyl (C=O) groups excluding carboxylic acids is 2. The molecule has 1 unspecified atom stereocenters. The first-order valence-electron chi connectivity index (χ1n) is 8.26. The van der Waals surface area contributed by atoms with Crippen LogP contribution in [0.25, 0.3) is 0 Å². The molecule has 0 bridgehead atoms. The van der Waals surface area contributed by atoms with Crippen molar-refractivity contribution in [3.05, 3.63) is 75.5 Å². The number of H-pyrrole nitrogens is 1. The van der Waals surface area contributed by atoms with Crippen LogP contribution in [-0.4, -0.2) is 21.8 Å². The smallest absolute Gasteiger partial charge is 0.249 e. The fourth-order valence-corrected chi connectivity index (χ4v) is 3.89. The normalized spacial score (nSPS) is 11.9. The number of imidazole rings is 1. The molecule has 4 N–H and O–H groups in total. The van der Waals surface area contributed by atoms with Crippen LogP contribution in [-0.2, 0) is 17.8 Å². The number of thiophene rings is 1. The van der Waals surface area contributed by atoms with Crippen LogP contribution in [0.2, 0.25) is 0 Å². The van der Waals surface area contributed by atoms with E-state index in [0.717, 1.165) is 9.75 Å². The van der Waals surface area contributed by atoms with Gasteiger partial charge >= 0.3 is 0 Å². The van der Waals surface area contributed by atoms with E-state index in [1.165, 1.54) is 23.2 Å². The molecule has 0 fully saturated rings. The molecule has 2 aromatic heterocycles. The zero-order valence-electron chi connectivity index (χ0n) is 14.4. The van der Waals surface area contributed by atoms with Crippen molar-refractivity contribution in [2.24, 2.45) is 5.73 Å². The maximum absolute atomic E-state index is 12.1. The van der Waals surface area contributed by atoms with Crippen molar-refractivity contribution < 1.29 is 9.59 Å².